The van der Waals surface area contributed by atoms with Crippen molar-refractivity contribution in [1.82, 2.24) is 25.5 Å². The molecule has 2 aromatic rings. The lowest BCUT2D eigenvalue weighted by Gasteiger charge is -2.06. The van der Waals surface area contributed by atoms with Gasteiger partial charge in [-0.15, -0.1) is 10.2 Å². The van der Waals surface area contributed by atoms with Gasteiger partial charge in [0.2, 0.25) is 11.7 Å². The summed E-state index contributed by atoms with van der Waals surface area (Å²) in [5, 5.41) is 15.0. The van der Waals surface area contributed by atoms with E-state index < -0.39 is 0 Å². The van der Waals surface area contributed by atoms with E-state index in [0.717, 1.165) is 5.56 Å². The number of carbonyl (C=O) groups excluding carboxylic acids is 1. The molecule has 1 amide bonds. The Morgan fingerprint density at radius 2 is 1.86 bits per heavy atom. The van der Waals surface area contributed by atoms with Gasteiger partial charge in [-0.2, -0.15) is 4.80 Å². The predicted octanol–water partition coefficient (Wildman–Crippen LogP) is 2.24. The molecule has 2 rings (SSSR count). The first-order valence-corrected chi connectivity index (χ1v) is 7.60. The molecule has 118 valence electrons. The molecule has 0 aliphatic heterocycles. The molecule has 1 aromatic heterocycles. The zero-order valence-electron chi connectivity index (χ0n) is 13.6. The van der Waals surface area contributed by atoms with E-state index in [1.165, 1.54) is 10.4 Å². The quantitative estimate of drug-likeness (QED) is 0.888. The van der Waals surface area contributed by atoms with Crippen LogP contribution < -0.4 is 5.32 Å². The van der Waals surface area contributed by atoms with Crippen LogP contribution in [0.15, 0.2) is 24.3 Å². The second-order valence-electron chi connectivity index (χ2n) is 6.12. The fourth-order valence-electron chi connectivity index (χ4n) is 1.95. The minimum Gasteiger partial charge on any atom is -0.354 e. The summed E-state index contributed by atoms with van der Waals surface area (Å²) >= 11 is 0. The van der Waals surface area contributed by atoms with Crippen LogP contribution in [-0.4, -0.2) is 32.7 Å². The number of nitrogens with one attached hydrogen (secondary N) is 1. The van der Waals surface area contributed by atoms with Crippen molar-refractivity contribution in [2.45, 2.75) is 40.2 Å². The first-order chi connectivity index (χ1) is 10.5. The van der Waals surface area contributed by atoms with Gasteiger partial charge in [0.05, 0.1) is 0 Å². The molecule has 0 radical (unpaired) electrons. The van der Waals surface area contributed by atoms with Crippen LogP contribution in [0.5, 0.6) is 0 Å². The van der Waals surface area contributed by atoms with Crippen LogP contribution in [0.3, 0.4) is 0 Å². The predicted molar refractivity (Wildman–Crippen MR) is 85.2 cm³/mol. The Morgan fingerprint density at radius 3 is 2.45 bits per heavy atom. The number of carbonyl (C=O) groups is 1. The number of hydrogen-bond donors (Lipinski definition) is 1. The molecular weight excluding hydrogens is 278 g/mol. The highest BCUT2D eigenvalue weighted by Gasteiger charge is 2.10. The van der Waals surface area contributed by atoms with Crippen molar-refractivity contribution in [1.29, 1.82) is 0 Å². The van der Waals surface area contributed by atoms with Gasteiger partial charge in [0, 0.05) is 12.1 Å². The zero-order valence-corrected chi connectivity index (χ0v) is 13.6. The second kappa shape index (κ2) is 7.15. The standard InChI is InChI=1S/C16H23N5O/c1-11(2)9-17-15(22)10-21-19-16(18-20-21)14-7-5-13(6-8-14)12(3)4/h5-8,11-12H,9-10H2,1-4H3,(H,17,22). The highest BCUT2D eigenvalue weighted by molar-refractivity contribution is 5.75. The first-order valence-electron chi connectivity index (χ1n) is 7.60. The van der Waals surface area contributed by atoms with Crippen LogP contribution in [0.1, 0.15) is 39.2 Å². The zero-order chi connectivity index (χ0) is 16.1. The normalized spacial score (nSPS) is 11.2. The molecule has 0 saturated heterocycles. The third kappa shape index (κ3) is 4.38. The molecule has 0 saturated carbocycles. The highest BCUT2D eigenvalue weighted by Crippen LogP contribution is 2.19. The van der Waals surface area contributed by atoms with E-state index in [4.69, 9.17) is 0 Å². The minimum absolute atomic E-state index is 0.0871. The van der Waals surface area contributed by atoms with Gasteiger partial charge in [-0.3, -0.25) is 4.79 Å². The summed E-state index contributed by atoms with van der Waals surface area (Å²) in [7, 11) is 0. The average Bonchev–Trinajstić information content (AvgIpc) is 2.93. The Kier molecular flexibility index (Phi) is 5.25. The number of aromatic nitrogens is 4. The van der Waals surface area contributed by atoms with Crippen molar-refractivity contribution in [3.8, 4) is 11.4 Å². The largest absolute Gasteiger partial charge is 0.354 e. The van der Waals surface area contributed by atoms with E-state index in [1.807, 2.05) is 26.0 Å². The van der Waals surface area contributed by atoms with Crippen molar-refractivity contribution in [2.24, 2.45) is 5.92 Å². The smallest absolute Gasteiger partial charge is 0.243 e. The average molecular weight is 301 g/mol. The van der Waals surface area contributed by atoms with Gasteiger partial charge < -0.3 is 5.32 Å². The van der Waals surface area contributed by atoms with Gasteiger partial charge in [0.25, 0.3) is 0 Å². The Hall–Kier alpha value is -2.24. The molecule has 22 heavy (non-hydrogen) atoms. The summed E-state index contributed by atoms with van der Waals surface area (Å²) in [5.74, 6) is 1.34. The molecule has 1 aromatic carbocycles. The first kappa shape index (κ1) is 16.1. The van der Waals surface area contributed by atoms with Crippen LogP contribution in [0, 0.1) is 5.92 Å². The van der Waals surface area contributed by atoms with Crippen molar-refractivity contribution in [3.63, 3.8) is 0 Å². The minimum atomic E-state index is -0.104. The van der Waals surface area contributed by atoms with Gasteiger partial charge in [0.1, 0.15) is 6.54 Å². The van der Waals surface area contributed by atoms with E-state index in [1.54, 1.807) is 0 Å². The van der Waals surface area contributed by atoms with Gasteiger partial charge in [-0.25, -0.2) is 0 Å². The molecule has 1 N–H and O–H groups in total. The lowest BCUT2D eigenvalue weighted by Crippen LogP contribution is -2.31. The van der Waals surface area contributed by atoms with Crippen LogP contribution in [0.25, 0.3) is 11.4 Å². The lowest BCUT2D eigenvalue weighted by molar-refractivity contribution is -0.122. The topological polar surface area (TPSA) is 72.7 Å². The van der Waals surface area contributed by atoms with E-state index in [0.29, 0.717) is 24.2 Å². The lowest BCUT2D eigenvalue weighted by atomic mass is 10.0. The molecule has 6 heteroatoms. The van der Waals surface area contributed by atoms with E-state index in [9.17, 15) is 4.79 Å². The molecule has 0 aliphatic rings. The Morgan fingerprint density at radius 1 is 1.18 bits per heavy atom. The molecule has 0 atom stereocenters. The van der Waals surface area contributed by atoms with Gasteiger partial charge in [0.15, 0.2) is 0 Å². The summed E-state index contributed by atoms with van der Waals surface area (Å²) in [4.78, 5) is 13.1. The van der Waals surface area contributed by atoms with Gasteiger partial charge >= 0.3 is 0 Å². The summed E-state index contributed by atoms with van der Waals surface area (Å²) in [6, 6.07) is 8.09. The number of benzene rings is 1. The van der Waals surface area contributed by atoms with Crippen molar-refractivity contribution in [2.75, 3.05) is 6.54 Å². The Bertz CT molecular complexity index is 616. The molecule has 1 heterocycles. The molecule has 0 spiro atoms. The van der Waals surface area contributed by atoms with E-state index in [-0.39, 0.29) is 12.5 Å². The van der Waals surface area contributed by atoms with Crippen LogP contribution >= 0.6 is 0 Å². The Balaban J connectivity index is 2.00. The maximum absolute atomic E-state index is 11.7. The van der Waals surface area contributed by atoms with Crippen LogP contribution in [0.2, 0.25) is 0 Å². The third-order valence-corrected chi connectivity index (χ3v) is 3.28. The van der Waals surface area contributed by atoms with Crippen molar-refractivity contribution >= 4 is 5.91 Å². The maximum Gasteiger partial charge on any atom is 0.243 e. The molecule has 6 nitrogen and oxygen atoms in total. The molecule has 0 unspecified atom stereocenters. The fraction of sp³-hybridized carbons (Fsp3) is 0.500. The SMILES string of the molecule is CC(C)CNC(=O)Cn1nnc(-c2ccc(C(C)C)cc2)n1. The molecule has 0 fully saturated rings. The van der Waals surface area contributed by atoms with Gasteiger partial charge in [-0.1, -0.05) is 52.0 Å². The monoisotopic (exact) mass is 301 g/mol. The van der Waals surface area contributed by atoms with Gasteiger partial charge in [-0.05, 0) is 22.6 Å². The molecular formula is C16H23N5O. The van der Waals surface area contributed by atoms with E-state index >= 15 is 0 Å². The summed E-state index contributed by atoms with van der Waals surface area (Å²) in [6.07, 6.45) is 0. The third-order valence-electron chi connectivity index (χ3n) is 3.28. The van der Waals surface area contributed by atoms with Crippen LogP contribution in [-0.2, 0) is 11.3 Å². The summed E-state index contributed by atoms with van der Waals surface area (Å²) in [5.41, 5.74) is 2.17. The molecule has 0 aliphatic carbocycles. The number of hydrogen-bond acceptors (Lipinski definition) is 4. The maximum atomic E-state index is 11.7. The Labute approximate surface area is 130 Å². The number of rotatable bonds is 6. The van der Waals surface area contributed by atoms with Crippen molar-refractivity contribution in [3.05, 3.63) is 29.8 Å². The number of tetrazole rings is 1. The second-order valence-corrected chi connectivity index (χ2v) is 6.12. The highest BCUT2D eigenvalue weighted by atomic mass is 16.2. The van der Waals surface area contributed by atoms with Crippen LogP contribution in [0.4, 0.5) is 0 Å². The summed E-state index contributed by atoms with van der Waals surface area (Å²) in [6.45, 7) is 9.14. The number of amides is 1. The molecule has 0 bridgehead atoms. The number of nitrogens with zero attached hydrogens (tertiary/aromatic N) is 4. The fourth-order valence-corrected chi connectivity index (χ4v) is 1.95. The summed E-state index contributed by atoms with van der Waals surface area (Å²) < 4.78 is 0. The van der Waals surface area contributed by atoms with Crippen molar-refractivity contribution < 1.29 is 4.79 Å². The van der Waals surface area contributed by atoms with E-state index in [2.05, 4.69) is 46.7 Å².